The van der Waals surface area contributed by atoms with Crippen molar-refractivity contribution >= 4 is 0 Å². The predicted octanol–water partition coefficient (Wildman–Crippen LogP) is 6.25. The van der Waals surface area contributed by atoms with Crippen LogP contribution in [0.2, 0.25) is 0 Å². The third-order valence-corrected chi connectivity index (χ3v) is 7.63. The van der Waals surface area contributed by atoms with Crippen LogP contribution in [0.5, 0.6) is 0 Å². The fourth-order valence-electron chi connectivity index (χ4n) is 5.46. The van der Waals surface area contributed by atoms with Gasteiger partial charge >= 0.3 is 0 Å². The maximum atomic E-state index is 14.1. The lowest BCUT2D eigenvalue weighted by atomic mass is 9.69. The van der Waals surface area contributed by atoms with E-state index in [4.69, 9.17) is 0 Å². The molecule has 0 spiro atoms. The fourth-order valence-corrected chi connectivity index (χ4v) is 5.46. The lowest BCUT2D eigenvalue weighted by Gasteiger charge is -2.48. The molecule has 31 heavy (non-hydrogen) atoms. The number of aliphatic hydroxyl groups excluding tert-OH is 1. The van der Waals surface area contributed by atoms with Gasteiger partial charge in [0.1, 0.15) is 6.17 Å². The standard InChI is InChI=1S/C14H29NO.C13H26FN/c1-13(2,3)12-7-8-15(14(4,5)6)9-11(12)10-16;1-12(2,3)10-7-8-15(9-11(10)14)13(4,5)6/h11-12,16H,7-10H2,1-6H3;10-11H,7-9H2,1-6H3. The zero-order valence-electron chi connectivity index (χ0n) is 23.0. The monoisotopic (exact) mass is 442 g/mol. The second-order valence-electron chi connectivity index (χ2n) is 14.2. The maximum Gasteiger partial charge on any atom is 0.116 e. The van der Waals surface area contributed by atoms with Gasteiger partial charge in [-0.1, -0.05) is 41.5 Å². The molecule has 0 amide bonds. The number of alkyl halides is 1. The van der Waals surface area contributed by atoms with Crippen LogP contribution in [-0.4, -0.2) is 64.9 Å². The van der Waals surface area contributed by atoms with Crippen molar-refractivity contribution in [3.63, 3.8) is 0 Å². The topological polar surface area (TPSA) is 26.7 Å². The Bertz CT molecular complexity index is 535. The summed E-state index contributed by atoms with van der Waals surface area (Å²) in [4.78, 5) is 4.77. The molecular formula is C27H55FN2O. The van der Waals surface area contributed by atoms with Crippen LogP contribution in [0, 0.1) is 28.6 Å². The number of halogens is 1. The molecule has 0 saturated carbocycles. The molecule has 0 aromatic rings. The molecule has 0 aromatic carbocycles. The van der Waals surface area contributed by atoms with Crippen LogP contribution in [0.4, 0.5) is 4.39 Å². The van der Waals surface area contributed by atoms with Gasteiger partial charge in [0.2, 0.25) is 0 Å². The largest absolute Gasteiger partial charge is 0.396 e. The lowest BCUT2D eigenvalue weighted by Crippen LogP contribution is -2.52. The summed E-state index contributed by atoms with van der Waals surface area (Å²) >= 11 is 0. The van der Waals surface area contributed by atoms with Gasteiger partial charge in [-0.3, -0.25) is 9.80 Å². The van der Waals surface area contributed by atoms with Crippen LogP contribution in [0.1, 0.15) is 95.9 Å². The van der Waals surface area contributed by atoms with E-state index in [1.165, 1.54) is 13.0 Å². The number of likely N-dealkylation sites (tertiary alicyclic amines) is 2. The summed E-state index contributed by atoms with van der Waals surface area (Å²) in [6, 6.07) is 0. The SMILES string of the molecule is CC(C)(C)C1CCN(C(C)(C)C)CC1CO.CC(C)(C)C1CCN(C(C)(C)C)CC1F. The molecule has 4 heteroatoms. The molecule has 4 unspecified atom stereocenters. The van der Waals surface area contributed by atoms with Gasteiger partial charge in [-0.2, -0.15) is 0 Å². The Morgan fingerprint density at radius 1 is 0.677 bits per heavy atom. The van der Waals surface area contributed by atoms with Crippen molar-refractivity contribution in [3.05, 3.63) is 0 Å². The van der Waals surface area contributed by atoms with Crippen LogP contribution < -0.4 is 0 Å². The van der Waals surface area contributed by atoms with Gasteiger partial charge < -0.3 is 5.11 Å². The minimum atomic E-state index is -0.669. The molecule has 0 aliphatic carbocycles. The quantitative estimate of drug-likeness (QED) is 0.520. The number of piperidine rings is 2. The van der Waals surface area contributed by atoms with Crippen LogP contribution in [0.15, 0.2) is 0 Å². The maximum absolute atomic E-state index is 14.1. The zero-order valence-corrected chi connectivity index (χ0v) is 23.0. The highest BCUT2D eigenvalue weighted by atomic mass is 19.1. The molecule has 2 aliphatic heterocycles. The Morgan fingerprint density at radius 2 is 1.06 bits per heavy atom. The van der Waals surface area contributed by atoms with Crippen LogP contribution >= 0.6 is 0 Å². The second-order valence-corrected chi connectivity index (χ2v) is 14.2. The lowest BCUT2D eigenvalue weighted by molar-refractivity contribution is -0.0153. The molecule has 0 bridgehead atoms. The smallest absolute Gasteiger partial charge is 0.116 e. The van der Waals surface area contributed by atoms with E-state index in [0.717, 1.165) is 19.5 Å². The van der Waals surface area contributed by atoms with Crippen molar-refractivity contribution in [1.82, 2.24) is 9.80 Å². The van der Waals surface area contributed by atoms with Gasteiger partial charge in [0.15, 0.2) is 0 Å². The van der Waals surface area contributed by atoms with E-state index in [1.807, 2.05) is 0 Å². The molecule has 2 aliphatic rings. The van der Waals surface area contributed by atoms with Gasteiger partial charge in [-0.25, -0.2) is 4.39 Å². The van der Waals surface area contributed by atoms with Gasteiger partial charge in [0.25, 0.3) is 0 Å². The summed E-state index contributed by atoms with van der Waals surface area (Å²) in [7, 11) is 0. The van der Waals surface area contributed by atoms with Crippen molar-refractivity contribution < 1.29 is 9.50 Å². The molecule has 2 fully saturated rings. The van der Waals surface area contributed by atoms with E-state index in [1.54, 1.807) is 0 Å². The fraction of sp³-hybridized carbons (Fsp3) is 1.00. The first-order valence-electron chi connectivity index (χ1n) is 12.5. The molecule has 2 saturated heterocycles. The van der Waals surface area contributed by atoms with Crippen molar-refractivity contribution in [2.45, 2.75) is 113 Å². The van der Waals surface area contributed by atoms with Crippen molar-refractivity contribution in [2.24, 2.45) is 28.6 Å². The molecule has 1 N–H and O–H groups in total. The summed E-state index contributed by atoms with van der Waals surface area (Å²) in [6.07, 6.45) is 1.53. The number of nitrogens with zero attached hydrogens (tertiary/aromatic N) is 2. The summed E-state index contributed by atoms with van der Waals surface area (Å²) in [6.45, 7) is 30.8. The van der Waals surface area contributed by atoms with E-state index >= 15 is 0 Å². The summed E-state index contributed by atoms with van der Waals surface area (Å²) in [5, 5.41) is 9.58. The average Bonchev–Trinajstić information content (AvgIpc) is 2.58. The van der Waals surface area contributed by atoms with Crippen molar-refractivity contribution in [3.8, 4) is 0 Å². The molecule has 3 nitrogen and oxygen atoms in total. The number of aliphatic hydroxyl groups is 1. The Labute approximate surface area is 194 Å². The minimum Gasteiger partial charge on any atom is -0.396 e. The molecule has 2 heterocycles. The summed E-state index contributed by atoms with van der Waals surface area (Å²) in [5.74, 6) is 1.31. The third kappa shape index (κ3) is 8.59. The number of hydrogen-bond acceptors (Lipinski definition) is 3. The third-order valence-electron chi connectivity index (χ3n) is 7.63. The minimum absolute atomic E-state index is 0.101. The van der Waals surface area contributed by atoms with E-state index in [-0.39, 0.29) is 22.4 Å². The van der Waals surface area contributed by atoms with E-state index < -0.39 is 6.17 Å². The molecule has 0 aromatic heterocycles. The molecule has 2 rings (SSSR count). The first-order valence-corrected chi connectivity index (χ1v) is 12.5. The Hall–Kier alpha value is -0.190. The predicted molar refractivity (Wildman–Crippen MR) is 133 cm³/mol. The van der Waals surface area contributed by atoms with Crippen molar-refractivity contribution in [1.29, 1.82) is 0 Å². The van der Waals surface area contributed by atoms with Crippen molar-refractivity contribution in [2.75, 3.05) is 32.8 Å². The highest BCUT2D eigenvalue weighted by Crippen LogP contribution is 2.39. The van der Waals surface area contributed by atoms with E-state index in [2.05, 4.69) is 92.9 Å². The molecule has 186 valence electrons. The first-order chi connectivity index (χ1) is 13.8. The summed E-state index contributed by atoms with van der Waals surface area (Å²) < 4.78 is 14.1. The van der Waals surface area contributed by atoms with E-state index in [0.29, 0.717) is 30.4 Å². The normalized spacial score (nSPS) is 30.0. The Kier molecular flexibility index (Phi) is 9.66. The van der Waals surface area contributed by atoms with Gasteiger partial charge in [-0.05, 0) is 96.1 Å². The number of rotatable bonds is 1. The first kappa shape index (κ1) is 28.8. The van der Waals surface area contributed by atoms with Gasteiger partial charge in [0.05, 0.1) is 0 Å². The van der Waals surface area contributed by atoms with Crippen LogP contribution in [-0.2, 0) is 0 Å². The highest BCUT2D eigenvalue weighted by molar-refractivity contribution is 4.92. The molecule has 4 atom stereocenters. The summed E-state index contributed by atoms with van der Waals surface area (Å²) in [5.41, 5.74) is 0.754. The highest BCUT2D eigenvalue weighted by Gasteiger charge is 2.40. The van der Waals surface area contributed by atoms with Crippen LogP contribution in [0.25, 0.3) is 0 Å². The Morgan fingerprint density at radius 3 is 1.39 bits per heavy atom. The number of hydrogen-bond donors (Lipinski definition) is 1. The zero-order chi connectivity index (χ0) is 24.4. The van der Waals surface area contributed by atoms with Gasteiger partial charge in [0, 0.05) is 30.8 Å². The molecular weight excluding hydrogens is 387 g/mol. The van der Waals surface area contributed by atoms with Crippen LogP contribution in [0.3, 0.4) is 0 Å². The van der Waals surface area contributed by atoms with Gasteiger partial charge in [-0.15, -0.1) is 0 Å². The average molecular weight is 443 g/mol. The molecule has 0 radical (unpaired) electrons. The Balaban J connectivity index is 0.000000311. The van der Waals surface area contributed by atoms with E-state index in [9.17, 15) is 9.50 Å². The second kappa shape index (κ2) is 10.4.